The summed E-state index contributed by atoms with van der Waals surface area (Å²) in [5, 5.41) is 2.13. The van der Waals surface area contributed by atoms with Crippen LogP contribution in [0, 0.1) is 0 Å². The third kappa shape index (κ3) is 3.11. The van der Waals surface area contributed by atoms with Crippen molar-refractivity contribution in [2.24, 2.45) is 5.73 Å². The summed E-state index contributed by atoms with van der Waals surface area (Å²) < 4.78 is 5.48. The molecule has 1 atom stereocenters. The Morgan fingerprint density at radius 3 is 2.55 bits per heavy atom. The van der Waals surface area contributed by atoms with Crippen LogP contribution in [0.1, 0.15) is 10.9 Å². The van der Waals surface area contributed by atoms with Gasteiger partial charge >= 0.3 is 0 Å². The van der Waals surface area contributed by atoms with Gasteiger partial charge in [0.25, 0.3) is 0 Å². The van der Waals surface area contributed by atoms with Gasteiger partial charge in [-0.3, -0.25) is 4.90 Å². The molecule has 118 valence electrons. The van der Waals surface area contributed by atoms with Crippen molar-refractivity contribution in [1.29, 1.82) is 0 Å². The molecular weight excluding hydrogens is 294 g/mol. The number of para-hydroxylation sites is 2. The molecule has 0 amide bonds. The molecule has 3 rings (SSSR count). The third-order valence-corrected chi connectivity index (χ3v) is 5.25. The zero-order valence-electron chi connectivity index (χ0n) is 12.9. The van der Waals surface area contributed by atoms with E-state index in [0.29, 0.717) is 12.6 Å². The molecule has 0 radical (unpaired) electrons. The molecule has 2 aromatic rings. The van der Waals surface area contributed by atoms with Gasteiger partial charge in [0.1, 0.15) is 5.75 Å². The molecule has 22 heavy (non-hydrogen) atoms. The van der Waals surface area contributed by atoms with E-state index in [2.05, 4.69) is 39.4 Å². The van der Waals surface area contributed by atoms with E-state index in [1.165, 1.54) is 10.6 Å². The molecule has 1 aromatic heterocycles. The standard InChI is InChI=1S/C17H23N3OS/c1-21-16-6-3-2-5-14(16)19-8-10-20(11-9-19)15(13-18)17-7-4-12-22-17/h2-7,12,15H,8-11,13,18H2,1H3/t15-/m0/s1. The summed E-state index contributed by atoms with van der Waals surface area (Å²) in [5.41, 5.74) is 7.20. The number of hydrogen-bond acceptors (Lipinski definition) is 5. The van der Waals surface area contributed by atoms with Crippen LogP contribution >= 0.6 is 11.3 Å². The molecule has 1 aliphatic heterocycles. The molecule has 4 nitrogen and oxygen atoms in total. The number of rotatable bonds is 5. The number of hydrogen-bond donors (Lipinski definition) is 1. The number of anilines is 1. The maximum absolute atomic E-state index is 6.02. The Labute approximate surface area is 136 Å². The van der Waals surface area contributed by atoms with Crippen molar-refractivity contribution in [3.05, 3.63) is 46.7 Å². The van der Waals surface area contributed by atoms with Crippen LogP contribution in [0.2, 0.25) is 0 Å². The smallest absolute Gasteiger partial charge is 0.142 e. The fraction of sp³-hybridized carbons (Fsp3) is 0.412. The molecule has 1 aromatic carbocycles. The summed E-state index contributed by atoms with van der Waals surface area (Å²) in [6.45, 7) is 4.73. The van der Waals surface area contributed by atoms with Crippen LogP contribution in [-0.4, -0.2) is 44.7 Å². The quantitative estimate of drug-likeness (QED) is 0.920. The van der Waals surface area contributed by atoms with Gasteiger partial charge in [-0.25, -0.2) is 0 Å². The highest BCUT2D eigenvalue weighted by Crippen LogP contribution is 2.30. The van der Waals surface area contributed by atoms with Crippen molar-refractivity contribution < 1.29 is 4.74 Å². The van der Waals surface area contributed by atoms with Crippen molar-refractivity contribution in [3.63, 3.8) is 0 Å². The van der Waals surface area contributed by atoms with E-state index in [-0.39, 0.29) is 0 Å². The van der Waals surface area contributed by atoms with E-state index in [9.17, 15) is 0 Å². The fourth-order valence-corrected chi connectivity index (χ4v) is 3.97. The van der Waals surface area contributed by atoms with Gasteiger partial charge in [0, 0.05) is 37.6 Å². The number of benzene rings is 1. The number of methoxy groups -OCH3 is 1. The van der Waals surface area contributed by atoms with E-state index in [0.717, 1.165) is 31.9 Å². The van der Waals surface area contributed by atoms with Gasteiger partial charge in [-0.2, -0.15) is 0 Å². The second kappa shape index (κ2) is 7.13. The first-order valence-corrected chi connectivity index (χ1v) is 8.57. The molecule has 1 saturated heterocycles. The van der Waals surface area contributed by atoms with Crippen LogP contribution in [0.25, 0.3) is 0 Å². The first-order valence-electron chi connectivity index (χ1n) is 7.69. The third-order valence-electron chi connectivity index (χ3n) is 4.28. The van der Waals surface area contributed by atoms with Crippen molar-refractivity contribution >= 4 is 17.0 Å². The van der Waals surface area contributed by atoms with Crippen LogP contribution in [0.4, 0.5) is 5.69 Å². The van der Waals surface area contributed by atoms with Gasteiger partial charge in [0.15, 0.2) is 0 Å². The number of ether oxygens (including phenoxy) is 1. The summed E-state index contributed by atoms with van der Waals surface area (Å²) >= 11 is 1.80. The number of nitrogens with two attached hydrogens (primary N) is 1. The molecular formula is C17H23N3OS. The maximum atomic E-state index is 6.02. The van der Waals surface area contributed by atoms with Crippen LogP contribution in [0.5, 0.6) is 5.75 Å². The predicted molar refractivity (Wildman–Crippen MR) is 92.9 cm³/mol. The lowest BCUT2D eigenvalue weighted by molar-refractivity contribution is 0.192. The lowest BCUT2D eigenvalue weighted by Gasteiger charge is -2.40. The zero-order valence-corrected chi connectivity index (χ0v) is 13.8. The van der Waals surface area contributed by atoms with Crippen LogP contribution < -0.4 is 15.4 Å². The molecule has 5 heteroatoms. The first-order chi connectivity index (χ1) is 10.8. The normalized spacial score (nSPS) is 17.5. The molecule has 1 fully saturated rings. The Morgan fingerprint density at radius 1 is 1.14 bits per heavy atom. The zero-order chi connectivity index (χ0) is 15.4. The average Bonchev–Trinajstić information content (AvgIpc) is 3.10. The first kappa shape index (κ1) is 15.3. The Hall–Kier alpha value is -1.56. The van der Waals surface area contributed by atoms with Gasteiger partial charge in [-0.15, -0.1) is 11.3 Å². The van der Waals surface area contributed by atoms with Gasteiger partial charge in [0.05, 0.1) is 18.8 Å². The van der Waals surface area contributed by atoms with E-state index in [1.807, 2.05) is 12.1 Å². The van der Waals surface area contributed by atoms with Crippen LogP contribution in [0.15, 0.2) is 41.8 Å². The van der Waals surface area contributed by atoms with Gasteiger partial charge in [0.2, 0.25) is 0 Å². The second-order valence-corrected chi connectivity index (χ2v) is 6.44. The van der Waals surface area contributed by atoms with E-state index in [4.69, 9.17) is 10.5 Å². The molecule has 1 aliphatic rings. The Morgan fingerprint density at radius 2 is 1.91 bits per heavy atom. The van der Waals surface area contributed by atoms with Crippen molar-refractivity contribution in [2.75, 3.05) is 44.7 Å². The number of nitrogens with zero attached hydrogens (tertiary/aromatic N) is 2. The minimum absolute atomic E-state index is 0.347. The van der Waals surface area contributed by atoms with Crippen molar-refractivity contribution in [2.45, 2.75) is 6.04 Å². The molecule has 2 N–H and O–H groups in total. The molecule has 0 unspecified atom stereocenters. The number of thiophene rings is 1. The van der Waals surface area contributed by atoms with Gasteiger partial charge in [-0.05, 0) is 23.6 Å². The SMILES string of the molecule is COc1ccccc1N1CCN([C@@H](CN)c2cccs2)CC1. The highest BCUT2D eigenvalue weighted by Gasteiger charge is 2.25. The highest BCUT2D eigenvalue weighted by atomic mass is 32.1. The summed E-state index contributed by atoms with van der Waals surface area (Å²) in [5.74, 6) is 0.949. The molecule has 0 bridgehead atoms. The van der Waals surface area contributed by atoms with Crippen molar-refractivity contribution in [1.82, 2.24) is 4.90 Å². The summed E-state index contributed by atoms with van der Waals surface area (Å²) in [6, 6.07) is 12.9. The molecule has 2 heterocycles. The summed E-state index contributed by atoms with van der Waals surface area (Å²) in [7, 11) is 1.73. The highest BCUT2D eigenvalue weighted by molar-refractivity contribution is 7.10. The lowest BCUT2D eigenvalue weighted by Crippen LogP contribution is -2.49. The predicted octanol–water partition coefficient (Wildman–Crippen LogP) is 2.58. The minimum Gasteiger partial charge on any atom is -0.495 e. The Bertz CT molecular complexity index is 579. The van der Waals surface area contributed by atoms with E-state index >= 15 is 0 Å². The van der Waals surface area contributed by atoms with Crippen molar-refractivity contribution in [3.8, 4) is 5.75 Å². The van der Waals surface area contributed by atoms with Gasteiger partial charge < -0.3 is 15.4 Å². The lowest BCUT2D eigenvalue weighted by atomic mass is 10.1. The largest absolute Gasteiger partial charge is 0.495 e. The molecule has 0 spiro atoms. The van der Waals surface area contributed by atoms with Gasteiger partial charge in [-0.1, -0.05) is 18.2 Å². The average molecular weight is 317 g/mol. The number of piperazine rings is 1. The fourth-order valence-electron chi connectivity index (χ4n) is 3.09. The Balaban J connectivity index is 1.67. The van der Waals surface area contributed by atoms with E-state index in [1.54, 1.807) is 18.4 Å². The van der Waals surface area contributed by atoms with Crippen LogP contribution in [-0.2, 0) is 0 Å². The minimum atomic E-state index is 0.347. The maximum Gasteiger partial charge on any atom is 0.142 e. The second-order valence-electron chi connectivity index (χ2n) is 5.46. The monoisotopic (exact) mass is 317 g/mol. The topological polar surface area (TPSA) is 41.7 Å². The van der Waals surface area contributed by atoms with Crippen LogP contribution in [0.3, 0.4) is 0 Å². The Kier molecular flexibility index (Phi) is 4.97. The molecule has 0 aliphatic carbocycles. The summed E-state index contributed by atoms with van der Waals surface area (Å²) in [4.78, 5) is 6.27. The molecule has 0 saturated carbocycles. The summed E-state index contributed by atoms with van der Waals surface area (Å²) in [6.07, 6.45) is 0. The van der Waals surface area contributed by atoms with E-state index < -0.39 is 0 Å².